The standard InChI is InChI=1S/C12H13ClO5S/c13-19(16,17)11-6-5-10(18-7-12(14)15)8-3-1-2-4-9(8)11/h5-6H,1-4,7H2,(H,14,15). The van der Waals surface area contributed by atoms with E-state index in [4.69, 9.17) is 20.5 Å². The minimum atomic E-state index is -3.79. The van der Waals surface area contributed by atoms with Gasteiger partial charge in [0.15, 0.2) is 6.61 Å². The van der Waals surface area contributed by atoms with E-state index in [1.54, 1.807) is 0 Å². The number of benzene rings is 1. The molecule has 7 heteroatoms. The number of carbonyl (C=O) groups is 1. The number of rotatable bonds is 4. The number of carboxylic acids is 1. The predicted molar refractivity (Wildman–Crippen MR) is 69.3 cm³/mol. The molecule has 104 valence electrons. The van der Waals surface area contributed by atoms with Crippen LogP contribution in [0, 0.1) is 0 Å². The second-order valence-electron chi connectivity index (χ2n) is 4.35. The molecule has 0 radical (unpaired) electrons. The molecule has 0 saturated heterocycles. The van der Waals surface area contributed by atoms with Crippen molar-refractivity contribution in [3.63, 3.8) is 0 Å². The molecule has 0 atom stereocenters. The summed E-state index contributed by atoms with van der Waals surface area (Å²) in [4.78, 5) is 10.6. The second-order valence-corrected chi connectivity index (χ2v) is 6.88. The molecule has 1 aromatic carbocycles. The molecule has 0 unspecified atom stereocenters. The number of fused-ring (bicyclic) bond motifs is 1. The first-order chi connectivity index (χ1) is 8.89. The Balaban J connectivity index is 2.46. The fraction of sp³-hybridized carbons (Fsp3) is 0.417. The van der Waals surface area contributed by atoms with Crippen molar-refractivity contribution in [2.24, 2.45) is 0 Å². The van der Waals surface area contributed by atoms with Crippen LogP contribution in [-0.4, -0.2) is 26.1 Å². The van der Waals surface area contributed by atoms with E-state index in [1.807, 2.05) is 0 Å². The van der Waals surface area contributed by atoms with Crippen molar-refractivity contribution in [3.8, 4) is 5.75 Å². The van der Waals surface area contributed by atoms with Gasteiger partial charge in [0, 0.05) is 10.7 Å². The van der Waals surface area contributed by atoms with Crippen molar-refractivity contribution in [2.75, 3.05) is 6.61 Å². The van der Waals surface area contributed by atoms with Crippen LogP contribution in [0.15, 0.2) is 17.0 Å². The molecule has 0 heterocycles. The molecule has 0 spiro atoms. The quantitative estimate of drug-likeness (QED) is 0.860. The van der Waals surface area contributed by atoms with E-state index in [2.05, 4.69) is 0 Å². The Morgan fingerprint density at radius 1 is 1.26 bits per heavy atom. The average molecular weight is 305 g/mol. The fourth-order valence-electron chi connectivity index (χ4n) is 2.30. The zero-order valence-electron chi connectivity index (χ0n) is 10.1. The fourth-order valence-corrected chi connectivity index (χ4v) is 3.49. The van der Waals surface area contributed by atoms with E-state index in [9.17, 15) is 13.2 Å². The molecule has 0 saturated carbocycles. The maximum Gasteiger partial charge on any atom is 0.341 e. The van der Waals surface area contributed by atoms with Crippen LogP contribution in [0.4, 0.5) is 0 Å². The van der Waals surface area contributed by atoms with Crippen molar-refractivity contribution >= 4 is 25.7 Å². The lowest BCUT2D eigenvalue weighted by molar-refractivity contribution is -0.139. The molecule has 0 aromatic heterocycles. The van der Waals surface area contributed by atoms with E-state index in [0.29, 0.717) is 24.2 Å². The van der Waals surface area contributed by atoms with Gasteiger partial charge in [-0.05, 0) is 48.9 Å². The van der Waals surface area contributed by atoms with Crippen LogP contribution in [-0.2, 0) is 26.7 Å². The molecule has 1 N–H and O–H groups in total. The Morgan fingerprint density at radius 2 is 1.89 bits per heavy atom. The summed E-state index contributed by atoms with van der Waals surface area (Å²) >= 11 is 0. The van der Waals surface area contributed by atoms with Crippen LogP contribution in [0.5, 0.6) is 5.75 Å². The number of halogens is 1. The maximum absolute atomic E-state index is 11.5. The summed E-state index contributed by atoms with van der Waals surface area (Å²) in [6, 6.07) is 2.85. The van der Waals surface area contributed by atoms with Crippen LogP contribution < -0.4 is 4.74 Å². The average Bonchev–Trinajstić information content (AvgIpc) is 2.34. The van der Waals surface area contributed by atoms with Crippen molar-refractivity contribution in [1.82, 2.24) is 0 Å². The summed E-state index contributed by atoms with van der Waals surface area (Å²) in [5, 5.41) is 8.62. The van der Waals surface area contributed by atoms with Crippen LogP contribution in [0.1, 0.15) is 24.0 Å². The van der Waals surface area contributed by atoms with E-state index >= 15 is 0 Å². The topological polar surface area (TPSA) is 80.7 Å². The first-order valence-corrected chi connectivity index (χ1v) is 8.14. The lowest BCUT2D eigenvalue weighted by atomic mass is 9.91. The molecular formula is C12H13ClO5S. The van der Waals surface area contributed by atoms with E-state index in [1.165, 1.54) is 12.1 Å². The van der Waals surface area contributed by atoms with Gasteiger partial charge in [-0.15, -0.1) is 0 Å². The molecule has 2 rings (SSSR count). The molecular weight excluding hydrogens is 292 g/mol. The second kappa shape index (κ2) is 5.38. The van der Waals surface area contributed by atoms with Gasteiger partial charge in [-0.1, -0.05) is 0 Å². The molecule has 0 amide bonds. The van der Waals surface area contributed by atoms with E-state index in [-0.39, 0.29) is 4.90 Å². The number of ether oxygens (including phenoxy) is 1. The van der Waals surface area contributed by atoms with Gasteiger partial charge in [-0.2, -0.15) is 0 Å². The Kier molecular flexibility index (Phi) is 4.01. The van der Waals surface area contributed by atoms with Crippen molar-refractivity contribution in [1.29, 1.82) is 0 Å². The summed E-state index contributed by atoms with van der Waals surface area (Å²) in [7, 11) is 1.62. The first-order valence-electron chi connectivity index (χ1n) is 5.83. The number of hydrogen-bond acceptors (Lipinski definition) is 4. The van der Waals surface area contributed by atoms with Crippen molar-refractivity contribution in [2.45, 2.75) is 30.6 Å². The normalized spacial score (nSPS) is 14.8. The molecule has 1 aromatic rings. The number of aliphatic carboxylic acids is 1. The van der Waals surface area contributed by atoms with Gasteiger partial charge in [-0.25, -0.2) is 13.2 Å². The van der Waals surface area contributed by atoms with E-state index in [0.717, 1.165) is 18.4 Å². The molecule has 5 nitrogen and oxygen atoms in total. The Labute approximate surface area is 115 Å². The van der Waals surface area contributed by atoms with Gasteiger partial charge in [0.25, 0.3) is 9.05 Å². The summed E-state index contributed by atoms with van der Waals surface area (Å²) in [5.41, 5.74) is 1.42. The van der Waals surface area contributed by atoms with E-state index < -0.39 is 21.6 Å². The Hall–Kier alpha value is -1.27. The Bertz CT molecular complexity index is 609. The SMILES string of the molecule is O=C(O)COc1ccc(S(=O)(=O)Cl)c2c1CCCC2. The van der Waals surface area contributed by atoms with Crippen LogP contribution in [0.3, 0.4) is 0 Å². The van der Waals surface area contributed by atoms with Gasteiger partial charge in [-0.3, -0.25) is 0 Å². The van der Waals surface area contributed by atoms with Gasteiger partial charge in [0.1, 0.15) is 5.75 Å². The summed E-state index contributed by atoms with van der Waals surface area (Å²) in [6.45, 7) is -0.445. The smallest absolute Gasteiger partial charge is 0.341 e. The molecule has 0 fully saturated rings. The third-order valence-electron chi connectivity index (χ3n) is 3.06. The van der Waals surface area contributed by atoms with Gasteiger partial charge in [0.05, 0.1) is 4.90 Å². The van der Waals surface area contributed by atoms with Crippen molar-refractivity contribution in [3.05, 3.63) is 23.3 Å². The summed E-state index contributed by atoms with van der Waals surface area (Å²) in [5.74, 6) is -0.639. The monoisotopic (exact) mass is 304 g/mol. The minimum Gasteiger partial charge on any atom is -0.482 e. The lowest BCUT2D eigenvalue weighted by Crippen LogP contribution is -2.14. The molecule has 0 aliphatic heterocycles. The largest absolute Gasteiger partial charge is 0.482 e. The highest BCUT2D eigenvalue weighted by Gasteiger charge is 2.24. The predicted octanol–water partition coefficient (Wildman–Crippen LogP) is 1.96. The zero-order chi connectivity index (χ0) is 14.0. The van der Waals surface area contributed by atoms with Crippen molar-refractivity contribution < 1.29 is 23.1 Å². The molecule has 1 aliphatic rings. The summed E-state index contributed by atoms with van der Waals surface area (Å²) < 4.78 is 28.2. The van der Waals surface area contributed by atoms with Gasteiger partial charge < -0.3 is 9.84 Å². The van der Waals surface area contributed by atoms with Gasteiger partial charge >= 0.3 is 5.97 Å². The highest BCUT2D eigenvalue weighted by Crippen LogP contribution is 2.35. The maximum atomic E-state index is 11.5. The highest BCUT2D eigenvalue weighted by atomic mass is 35.7. The minimum absolute atomic E-state index is 0.103. The number of hydrogen-bond donors (Lipinski definition) is 1. The van der Waals surface area contributed by atoms with Gasteiger partial charge in [0.2, 0.25) is 0 Å². The highest BCUT2D eigenvalue weighted by molar-refractivity contribution is 8.13. The number of carboxylic acid groups (broad SMARTS) is 1. The molecule has 0 bridgehead atoms. The lowest BCUT2D eigenvalue weighted by Gasteiger charge is -2.21. The van der Waals surface area contributed by atoms with Crippen LogP contribution >= 0.6 is 10.7 Å². The first kappa shape index (κ1) is 14.1. The summed E-state index contributed by atoms with van der Waals surface area (Å²) in [6.07, 6.45) is 3.09. The zero-order valence-corrected chi connectivity index (χ0v) is 11.6. The van der Waals surface area contributed by atoms with Crippen LogP contribution in [0.25, 0.3) is 0 Å². The van der Waals surface area contributed by atoms with Crippen LogP contribution in [0.2, 0.25) is 0 Å². The third kappa shape index (κ3) is 3.19. The third-order valence-corrected chi connectivity index (χ3v) is 4.47. The molecule has 1 aliphatic carbocycles. The molecule has 19 heavy (non-hydrogen) atoms. The Morgan fingerprint density at radius 3 is 2.47 bits per heavy atom.